The Hall–Kier alpha value is -2.63. The quantitative estimate of drug-likeness (QED) is 0.848. The van der Waals surface area contributed by atoms with Crippen molar-refractivity contribution in [1.29, 1.82) is 0 Å². The van der Waals surface area contributed by atoms with Crippen molar-refractivity contribution in [3.8, 4) is 0 Å². The van der Waals surface area contributed by atoms with Crippen LogP contribution in [0.25, 0.3) is 0 Å². The number of amides is 2. The molecule has 24 heavy (non-hydrogen) atoms. The van der Waals surface area contributed by atoms with Gasteiger partial charge < -0.3 is 14.7 Å². The fourth-order valence-electron chi connectivity index (χ4n) is 3.17. The van der Waals surface area contributed by atoms with Crippen LogP contribution >= 0.6 is 0 Å². The Morgan fingerprint density at radius 3 is 2.71 bits per heavy atom. The lowest BCUT2D eigenvalue weighted by Gasteiger charge is -2.26. The minimum atomic E-state index is -1.05. The van der Waals surface area contributed by atoms with Crippen LogP contribution in [0.1, 0.15) is 23.4 Å². The normalized spacial score (nSPS) is 20.4. The van der Waals surface area contributed by atoms with Crippen molar-refractivity contribution in [3.05, 3.63) is 53.4 Å². The van der Waals surface area contributed by atoms with Crippen LogP contribution < -0.4 is 5.32 Å². The number of nitrogens with zero attached hydrogens (tertiary/aromatic N) is 2. The third-order valence-corrected chi connectivity index (χ3v) is 4.52. The average molecular weight is 327 g/mol. The molecule has 1 aromatic heterocycles. The number of carbonyl (C=O) groups excluding carboxylic acids is 2. The molecule has 0 saturated carbocycles. The number of hydrogen-bond donors (Lipinski definition) is 1. The molecule has 1 saturated heterocycles. The van der Waals surface area contributed by atoms with Crippen LogP contribution in [0.5, 0.6) is 0 Å². The van der Waals surface area contributed by atoms with Crippen LogP contribution in [0.3, 0.4) is 0 Å². The zero-order valence-electron chi connectivity index (χ0n) is 13.9. The molecular weight excluding hydrogens is 306 g/mol. The Kier molecular flexibility index (Phi) is 4.38. The molecule has 2 heterocycles. The molecule has 3 rings (SSSR count). The number of likely N-dealkylation sites (tertiary alicyclic amines) is 1. The second-order valence-electron chi connectivity index (χ2n) is 6.33. The van der Waals surface area contributed by atoms with Crippen LogP contribution in [-0.2, 0) is 22.6 Å². The first-order valence-corrected chi connectivity index (χ1v) is 8.01. The highest BCUT2D eigenvalue weighted by atomic mass is 16.5. The third-order valence-electron chi connectivity index (χ3n) is 4.52. The number of carbonyl (C=O) groups is 2. The predicted octanol–water partition coefficient (Wildman–Crippen LogP) is 1.69. The van der Waals surface area contributed by atoms with Crippen LogP contribution in [0.4, 0.5) is 0 Å². The molecule has 1 N–H and O–H groups in total. The highest BCUT2D eigenvalue weighted by molar-refractivity contribution is 6.06. The van der Waals surface area contributed by atoms with Crippen molar-refractivity contribution in [3.63, 3.8) is 0 Å². The predicted molar refractivity (Wildman–Crippen MR) is 87.9 cm³/mol. The van der Waals surface area contributed by atoms with Gasteiger partial charge in [-0.05, 0) is 25.3 Å². The highest BCUT2D eigenvalue weighted by Crippen LogP contribution is 2.35. The molecule has 0 spiro atoms. The van der Waals surface area contributed by atoms with Gasteiger partial charge in [-0.25, -0.2) is 0 Å². The number of rotatable bonds is 5. The Balaban J connectivity index is 1.79. The van der Waals surface area contributed by atoms with Crippen molar-refractivity contribution in [2.45, 2.75) is 26.3 Å². The van der Waals surface area contributed by atoms with E-state index in [-0.39, 0.29) is 18.4 Å². The molecule has 6 heteroatoms. The Labute approximate surface area is 140 Å². The summed E-state index contributed by atoms with van der Waals surface area (Å²) in [5.74, 6) is 0.316. The van der Waals surface area contributed by atoms with Gasteiger partial charge in [0, 0.05) is 19.7 Å². The van der Waals surface area contributed by atoms with Crippen LogP contribution in [0.15, 0.2) is 40.9 Å². The minimum Gasteiger partial charge on any atom is -0.361 e. The number of nitrogens with one attached hydrogen (secondary N) is 1. The molecule has 0 radical (unpaired) electrons. The zero-order chi connectivity index (χ0) is 17.2. The molecule has 2 aromatic rings. The monoisotopic (exact) mass is 327 g/mol. The van der Waals surface area contributed by atoms with Gasteiger partial charge in [-0.3, -0.25) is 9.59 Å². The molecular formula is C18H21N3O3. The van der Waals surface area contributed by atoms with E-state index in [1.54, 1.807) is 24.9 Å². The zero-order valence-corrected chi connectivity index (χ0v) is 13.9. The topological polar surface area (TPSA) is 75.4 Å². The van der Waals surface area contributed by atoms with Gasteiger partial charge >= 0.3 is 0 Å². The molecule has 1 aliphatic rings. The summed E-state index contributed by atoms with van der Waals surface area (Å²) in [4.78, 5) is 27.2. The van der Waals surface area contributed by atoms with E-state index in [1.807, 2.05) is 30.3 Å². The van der Waals surface area contributed by atoms with Gasteiger partial charge in [0.1, 0.15) is 16.9 Å². The maximum atomic E-state index is 12.9. The molecule has 0 bridgehead atoms. The first-order valence-electron chi connectivity index (χ1n) is 8.01. The van der Waals surface area contributed by atoms with Crippen LogP contribution in [-0.4, -0.2) is 35.5 Å². The highest BCUT2D eigenvalue weighted by Gasteiger charge is 2.51. The summed E-state index contributed by atoms with van der Waals surface area (Å²) in [5, 5.41) is 6.73. The molecule has 6 nitrogen and oxygen atoms in total. The fraction of sp³-hybridized carbons (Fsp3) is 0.389. The summed E-state index contributed by atoms with van der Waals surface area (Å²) in [7, 11) is 1.74. The molecule has 126 valence electrons. The maximum absolute atomic E-state index is 12.9. The lowest BCUT2D eigenvalue weighted by Crippen LogP contribution is -2.47. The van der Waals surface area contributed by atoms with E-state index in [2.05, 4.69) is 10.5 Å². The fourth-order valence-corrected chi connectivity index (χ4v) is 3.17. The van der Waals surface area contributed by atoms with E-state index < -0.39 is 5.41 Å². The van der Waals surface area contributed by atoms with E-state index in [0.717, 1.165) is 5.56 Å². The summed E-state index contributed by atoms with van der Waals surface area (Å²) >= 11 is 0. The lowest BCUT2D eigenvalue weighted by atomic mass is 9.79. The van der Waals surface area contributed by atoms with Gasteiger partial charge in [-0.1, -0.05) is 35.5 Å². The lowest BCUT2D eigenvalue weighted by molar-refractivity contribution is -0.144. The van der Waals surface area contributed by atoms with Gasteiger partial charge in [0.05, 0.1) is 6.54 Å². The Bertz CT molecular complexity index is 741. The van der Waals surface area contributed by atoms with Crippen molar-refractivity contribution >= 4 is 11.8 Å². The number of hydrogen-bond acceptors (Lipinski definition) is 4. The van der Waals surface area contributed by atoms with Gasteiger partial charge in [-0.15, -0.1) is 0 Å². The van der Waals surface area contributed by atoms with Crippen molar-refractivity contribution in [2.75, 3.05) is 13.6 Å². The molecule has 1 fully saturated rings. The second-order valence-corrected chi connectivity index (χ2v) is 6.33. The van der Waals surface area contributed by atoms with E-state index in [1.165, 1.54) is 0 Å². The van der Waals surface area contributed by atoms with Crippen molar-refractivity contribution in [2.24, 2.45) is 5.41 Å². The van der Waals surface area contributed by atoms with Crippen molar-refractivity contribution < 1.29 is 14.1 Å². The smallest absolute Gasteiger partial charge is 0.238 e. The summed E-state index contributed by atoms with van der Waals surface area (Å²) in [6, 6.07) is 11.4. The first-order chi connectivity index (χ1) is 11.5. The minimum absolute atomic E-state index is 0.125. The molecule has 0 unspecified atom stereocenters. The number of benzene rings is 1. The molecule has 2 amide bonds. The SMILES string of the molecule is Cc1cc(CNC(=O)[C@]2(Cc3ccccc3)CCN(C)C2=O)no1. The van der Waals surface area contributed by atoms with Crippen molar-refractivity contribution in [1.82, 2.24) is 15.4 Å². The van der Waals surface area contributed by atoms with Gasteiger partial charge in [-0.2, -0.15) is 0 Å². The molecule has 1 aromatic carbocycles. The first kappa shape index (κ1) is 16.2. The Morgan fingerprint density at radius 1 is 1.38 bits per heavy atom. The largest absolute Gasteiger partial charge is 0.361 e. The number of aromatic nitrogens is 1. The number of aryl methyl sites for hydroxylation is 1. The molecule has 1 atom stereocenters. The van der Waals surface area contributed by atoms with Crippen LogP contribution in [0.2, 0.25) is 0 Å². The molecule has 0 aliphatic carbocycles. The Morgan fingerprint density at radius 2 is 2.12 bits per heavy atom. The van der Waals surface area contributed by atoms with E-state index in [9.17, 15) is 9.59 Å². The van der Waals surface area contributed by atoms with Gasteiger partial charge in [0.2, 0.25) is 11.8 Å². The maximum Gasteiger partial charge on any atom is 0.238 e. The van der Waals surface area contributed by atoms with E-state index >= 15 is 0 Å². The van der Waals surface area contributed by atoms with E-state index in [0.29, 0.717) is 30.8 Å². The summed E-state index contributed by atoms with van der Waals surface area (Å²) < 4.78 is 5.00. The summed E-state index contributed by atoms with van der Waals surface area (Å²) in [5.41, 5.74) is 0.581. The van der Waals surface area contributed by atoms with Gasteiger partial charge in [0.25, 0.3) is 0 Å². The summed E-state index contributed by atoms with van der Waals surface area (Å²) in [6.07, 6.45) is 0.918. The standard InChI is InChI=1S/C18H21N3O3/c1-13-10-15(20-24-13)12-19-16(22)18(8-9-21(2)17(18)23)11-14-6-4-3-5-7-14/h3-7,10H,8-9,11-12H2,1-2H3,(H,19,22)/t18-/m1/s1. The molecule has 1 aliphatic heterocycles. The van der Waals surface area contributed by atoms with E-state index in [4.69, 9.17) is 4.52 Å². The summed E-state index contributed by atoms with van der Waals surface area (Å²) in [6.45, 7) is 2.64. The average Bonchev–Trinajstić information content (AvgIpc) is 3.13. The second kappa shape index (κ2) is 6.47. The third kappa shape index (κ3) is 3.04. The van der Waals surface area contributed by atoms with Gasteiger partial charge in [0.15, 0.2) is 0 Å². The van der Waals surface area contributed by atoms with Crippen LogP contribution in [0, 0.1) is 12.3 Å².